The van der Waals surface area contributed by atoms with Gasteiger partial charge in [-0.15, -0.1) is 0 Å². The Hall–Kier alpha value is -1.02. The number of likely N-dealkylation sites (tertiary alicyclic amines) is 2. The van der Waals surface area contributed by atoms with E-state index in [4.69, 9.17) is 0 Å². The van der Waals surface area contributed by atoms with Gasteiger partial charge in [0, 0.05) is 25.9 Å². The Morgan fingerprint density at radius 2 is 1.66 bits per heavy atom. The van der Waals surface area contributed by atoms with Crippen LogP contribution in [-0.2, 0) is 9.59 Å². The van der Waals surface area contributed by atoms with Crippen molar-refractivity contribution in [2.75, 3.05) is 59.0 Å². The summed E-state index contributed by atoms with van der Waals surface area (Å²) in [5.74, 6) is 2.06. The van der Waals surface area contributed by atoms with Crippen molar-refractivity contribution >= 4 is 11.7 Å². The fraction of sp³-hybridized carbons (Fsp3) is 0.929. The number of amides is 1. The van der Waals surface area contributed by atoms with Gasteiger partial charge < -0.3 is 24.9 Å². The highest BCUT2D eigenvalue weighted by Gasteiger charge is 2.36. The number of ketones is 1. The number of carbonyl (C=O) groups is 2. The predicted molar refractivity (Wildman–Crippen MR) is 141 cm³/mol. The van der Waals surface area contributed by atoms with Crippen LogP contribution < -0.4 is 5.32 Å². The Morgan fingerprint density at radius 3 is 2.26 bits per heavy atom. The summed E-state index contributed by atoms with van der Waals surface area (Å²) >= 11 is 0. The van der Waals surface area contributed by atoms with Gasteiger partial charge in [-0.25, -0.2) is 0 Å². The van der Waals surface area contributed by atoms with Gasteiger partial charge in [0.2, 0.25) is 5.91 Å². The summed E-state index contributed by atoms with van der Waals surface area (Å²) in [6, 6.07) is 0. The Labute approximate surface area is 214 Å². The van der Waals surface area contributed by atoms with E-state index in [2.05, 4.69) is 17.1 Å². The average molecular weight is 497 g/mol. The summed E-state index contributed by atoms with van der Waals surface area (Å²) in [7, 11) is 0. The van der Waals surface area contributed by atoms with E-state index in [0.717, 1.165) is 87.8 Å². The monoisotopic (exact) mass is 496 g/mol. The quantitative estimate of drug-likeness (QED) is 0.213. The van der Waals surface area contributed by atoms with Crippen molar-refractivity contribution < 1.29 is 24.3 Å². The molecule has 0 saturated carbocycles. The van der Waals surface area contributed by atoms with Crippen molar-refractivity contribution in [1.29, 1.82) is 0 Å². The molecule has 0 bridgehead atoms. The molecule has 0 spiro atoms. The van der Waals surface area contributed by atoms with Crippen LogP contribution in [0.1, 0.15) is 90.9 Å². The number of aliphatic hydroxyl groups excluding tert-OH is 2. The molecule has 35 heavy (non-hydrogen) atoms. The van der Waals surface area contributed by atoms with Gasteiger partial charge in [0.1, 0.15) is 18.4 Å². The van der Waals surface area contributed by atoms with Crippen molar-refractivity contribution in [2.45, 2.75) is 97.0 Å². The zero-order chi connectivity index (χ0) is 25.5. The Morgan fingerprint density at radius 1 is 1.00 bits per heavy atom. The summed E-state index contributed by atoms with van der Waals surface area (Å²) in [6.07, 6.45) is 12.0. The molecule has 2 saturated heterocycles. The molecule has 2 aliphatic heterocycles. The molecule has 7 heteroatoms. The van der Waals surface area contributed by atoms with Gasteiger partial charge in [0.05, 0.1) is 32.7 Å². The predicted octanol–water partition coefficient (Wildman–Crippen LogP) is 3.12. The first kappa shape index (κ1) is 30.2. The third-order valence-electron chi connectivity index (χ3n) is 8.53. The maximum absolute atomic E-state index is 12.3. The fourth-order valence-corrected chi connectivity index (χ4v) is 5.95. The van der Waals surface area contributed by atoms with Crippen LogP contribution in [0.15, 0.2) is 0 Å². The molecule has 2 fully saturated rings. The number of rotatable bonds is 17. The van der Waals surface area contributed by atoms with E-state index in [1.54, 1.807) is 0 Å². The van der Waals surface area contributed by atoms with Gasteiger partial charge in [-0.3, -0.25) is 9.59 Å². The summed E-state index contributed by atoms with van der Waals surface area (Å²) in [6.45, 7) is 11.1. The number of quaternary nitrogens is 1. The van der Waals surface area contributed by atoms with Crippen LogP contribution in [0.4, 0.5) is 0 Å². The maximum Gasteiger partial charge on any atom is 0.225 e. The second-order valence-corrected chi connectivity index (χ2v) is 11.3. The van der Waals surface area contributed by atoms with E-state index >= 15 is 0 Å². The minimum Gasteiger partial charge on any atom is -0.393 e. The number of hydrogen-bond donors (Lipinski definition) is 3. The molecule has 0 aliphatic carbocycles. The number of unbranched alkanes of at least 4 members (excludes halogenated alkanes) is 1. The van der Waals surface area contributed by atoms with Crippen LogP contribution >= 0.6 is 0 Å². The van der Waals surface area contributed by atoms with E-state index in [9.17, 15) is 19.8 Å². The van der Waals surface area contributed by atoms with Crippen LogP contribution in [0, 0.1) is 11.8 Å². The molecule has 204 valence electrons. The second-order valence-electron chi connectivity index (χ2n) is 11.3. The van der Waals surface area contributed by atoms with Crippen molar-refractivity contribution in [3.8, 4) is 0 Å². The van der Waals surface area contributed by atoms with Crippen molar-refractivity contribution in [3.05, 3.63) is 0 Å². The number of nitrogens with one attached hydrogen (secondary N) is 1. The lowest BCUT2D eigenvalue weighted by Gasteiger charge is -2.44. The van der Waals surface area contributed by atoms with Crippen LogP contribution in [0.25, 0.3) is 0 Å². The highest BCUT2D eigenvalue weighted by Crippen LogP contribution is 2.30. The molecule has 0 aromatic rings. The molecular formula is C28H54N3O4+. The molecule has 3 N–H and O–H groups in total. The SMILES string of the molecule is CCCCNC(=O)CC[N+]1(CC(O)CO)CCC(CCCC2CCN(CCC(=O)CC)CC2)CC1. The minimum absolute atomic E-state index is 0.111. The molecule has 2 aliphatic rings. The van der Waals surface area contributed by atoms with Gasteiger partial charge in [-0.05, 0) is 57.0 Å². The standard InChI is InChI=1S/C28H53N3O4/c1-3-5-15-29-28(35)14-21-31(22-27(34)23-32)19-12-25(13-20-31)8-6-7-24-9-16-30(17-10-24)18-11-26(33)4-2/h24-25,27,32,34H,3-23H2,1-2H3/p+1. The van der Waals surface area contributed by atoms with Gasteiger partial charge in [0.25, 0.3) is 0 Å². The van der Waals surface area contributed by atoms with E-state index in [1.165, 1.54) is 32.1 Å². The molecular weight excluding hydrogens is 442 g/mol. The minimum atomic E-state index is -0.708. The summed E-state index contributed by atoms with van der Waals surface area (Å²) < 4.78 is 0.762. The number of carbonyl (C=O) groups excluding carboxylic acids is 2. The van der Waals surface area contributed by atoms with Crippen LogP contribution in [-0.4, -0.2) is 96.4 Å². The van der Waals surface area contributed by atoms with E-state index in [0.29, 0.717) is 31.6 Å². The first-order valence-corrected chi connectivity index (χ1v) is 14.5. The molecule has 0 aromatic heterocycles. The lowest BCUT2D eigenvalue weighted by molar-refractivity contribution is -0.935. The van der Waals surface area contributed by atoms with Gasteiger partial charge in [0.15, 0.2) is 0 Å². The first-order chi connectivity index (χ1) is 16.9. The Bertz CT molecular complexity index is 599. The molecule has 1 unspecified atom stereocenters. The van der Waals surface area contributed by atoms with E-state index in [1.807, 2.05) is 6.92 Å². The van der Waals surface area contributed by atoms with Gasteiger partial charge >= 0.3 is 0 Å². The highest BCUT2D eigenvalue weighted by atomic mass is 16.3. The van der Waals surface area contributed by atoms with Crippen molar-refractivity contribution in [3.63, 3.8) is 0 Å². The van der Waals surface area contributed by atoms with Gasteiger partial charge in [-0.1, -0.05) is 39.5 Å². The number of aliphatic hydroxyl groups is 2. The largest absolute Gasteiger partial charge is 0.393 e. The van der Waals surface area contributed by atoms with E-state index < -0.39 is 6.10 Å². The average Bonchev–Trinajstić information content (AvgIpc) is 2.88. The molecule has 2 rings (SSSR count). The second kappa shape index (κ2) is 16.7. The number of piperidine rings is 2. The van der Waals surface area contributed by atoms with Crippen molar-refractivity contribution in [2.24, 2.45) is 11.8 Å². The topological polar surface area (TPSA) is 89.9 Å². The number of nitrogens with zero attached hydrogens (tertiary/aromatic N) is 2. The third-order valence-corrected chi connectivity index (χ3v) is 8.53. The molecule has 2 heterocycles. The molecule has 1 amide bonds. The van der Waals surface area contributed by atoms with Crippen molar-refractivity contribution in [1.82, 2.24) is 10.2 Å². The maximum atomic E-state index is 12.3. The molecule has 7 nitrogen and oxygen atoms in total. The lowest BCUT2D eigenvalue weighted by Crippen LogP contribution is -2.58. The number of Topliss-reactive ketones (excluding diaryl/α,β-unsaturated/α-hetero) is 1. The lowest BCUT2D eigenvalue weighted by atomic mass is 9.86. The summed E-state index contributed by atoms with van der Waals surface area (Å²) in [5.41, 5.74) is 0. The molecule has 1 atom stereocenters. The van der Waals surface area contributed by atoms with Crippen LogP contribution in [0.5, 0.6) is 0 Å². The number of hydrogen-bond acceptors (Lipinski definition) is 5. The zero-order valence-corrected chi connectivity index (χ0v) is 22.7. The van der Waals surface area contributed by atoms with E-state index in [-0.39, 0.29) is 12.5 Å². The normalized spacial score (nSPS) is 24.9. The Balaban J connectivity index is 1.67. The van der Waals surface area contributed by atoms with Crippen LogP contribution in [0.3, 0.4) is 0 Å². The Kier molecular flexibility index (Phi) is 14.4. The third kappa shape index (κ3) is 11.7. The molecule has 0 radical (unpaired) electrons. The molecule has 0 aromatic carbocycles. The first-order valence-electron chi connectivity index (χ1n) is 14.5. The van der Waals surface area contributed by atoms with Crippen LogP contribution in [0.2, 0.25) is 0 Å². The smallest absolute Gasteiger partial charge is 0.225 e. The summed E-state index contributed by atoms with van der Waals surface area (Å²) in [4.78, 5) is 26.3. The highest BCUT2D eigenvalue weighted by molar-refractivity contribution is 5.78. The van der Waals surface area contributed by atoms with Gasteiger partial charge in [-0.2, -0.15) is 0 Å². The fourth-order valence-electron chi connectivity index (χ4n) is 5.95. The summed E-state index contributed by atoms with van der Waals surface area (Å²) in [5, 5.41) is 22.6. The zero-order valence-electron chi connectivity index (χ0n) is 22.7.